The number of aromatic carboxylic acids is 1. The van der Waals surface area contributed by atoms with Crippen molar-refractivity contribution < 1.29 is 9.90 Å². The van der Waals surface area contributed by atoms with Gasteiger partial charge in [-0.3, -0.25) is 4.90 Å². The predicted octanol–water partition coefficient (Wildman–Crippen LogP) is 2.62. The highest BCUT2D eigenvalue weighted by Gasteiger charge is 2.20. The third-order valence-electron chi connectivity index (χ3n) is 3.55. The standard InChI is InChI=1S/C14H19NO2/c1-2-11-7-8-15(9-11)10-12-3-5-13(6-4-12)14(16)17/h3-6,11H,2,7-10H2,1H3,(H,16,17)/t11-/m1/s1. The zero-order chi connectivity index (χ0) is 12.3. The van der Waals surface area contributed by atoms with Crippen LogP contribution in [0.15, 0.2) is 24.3 Å². The third-order valence-corrected chi connectivity index (χ3v) is 3.55. The van der Waals surface area contributed by atoms with Gasteiger partial charge in [0.2, 0.25) is 0 Å². The first-order valence-electron chi connectivity index (χ1n) is 6.23. The lowest BCUT2D eigenvalue weighted by Crippen LogP contribution is -2.20. The number of carboxylic acid groups (broad SMARTS) is 1. The quantitative estimate of drug-likeness (QED) is 0.869. The maximum Gasteiger partial charge on any atom is 0.335 e. The van der Waals surface area contributed by atoms with Crippen LogP contribution < -0.4 is 0 Å². The van der Waals surface area contributed by atoms with Gasteiger partial charge in [0.1, 0.15) is 0 Å². The maximum absolute atomic E-state index is 10.7. The summed E-state index contributed by atoms with van der Waals surface area (Å²) in [5.41, 5.74) is 1.56. The summed E-state index contributed by atoms with van der Waals surface area (Å²) < 4.78 is 0. The van der Waals surface area contributed by atoms with Crippen LogP contribution in [-0.4, -0.2) is 29.1 Å². The molecule has 1 fully saturated rings. The summed E-state index contributed by atoms with van der Waals surface area (Å²) in [7, 11) is 0. The average Bonchev–Trinajstić information content (AvgIpc) is 2.77. The molecule has 0 saturated carbocycles. The molecule has 1 atom stereocenters. The molecule has 1 N–H and O–H groups in total. The van der Waals surface area contributed by atoms with Crippen molar-refractivity contribution in [3.8, 4) is 0 Å². The number of hydrogen-bond acceptors (Lipinski definition) is 2. The molecule has 92 valence electrons. The molecule has 0 unspecified atom stereocenters. The van der Waals surface area contributed by atoms with E-state index in [1.165, 1.54) is 31.5 Å². The van der Waals surface area contributed by atoms with Crippen molar-refractivity contribution in [3.05, 3.63) is 35.4 Å². The van der Waals surface area contributed by atoms with Gasteiger partial charge >= 0.3 is 5.97 Å². The van der Waals surface area contributed by atoms with Crippen LogP contribution in [0.3, 0.4) is 0 Å². The summed E-state index contributed by atoms with van der Waals surface area (Å²) in [6, 6.07) is 7.21. The Morgan fingerprint density at radius 2 is 2.12 bits per heavy atom. The van der Waals surface area contributed by atoms with Crippen LogP contribution in [0.2, 0.25) is 0 Å². The Hall–Kier alpha value is -1.35. The Kier molecular flexibility index (Phi) is 3.79. The summed E-state index contributed by atoms with van der Waals surface area (Å²) in [5.74, 6) is -0.0166. The molecular weight excluding hydrogens is 214 g/mol. The van der Waals surface area contributed by atoms with Gasteiger partial charge < -0.3 is 5.11 Å². The molecule has 1 aromatic rings. The molecule has 1 aliphatic heterocycles. The summed E-state index contributed by atoms with van der Waals surface area (Å²) in [6.07, 6.45) is 2.55. The number of benzene rings is 1. The number of rotatable bonds is 4. The van der Waals surface area contributed by atoms with E-state index in [9.17, 15) is 4.79 Å². The van der Waals surface area contributed by atoms with Crippen molar-refractivity contribution in [2.45, 2.75) is 26.3 Å². The molecule has 17 heavy (non-hydrogen) atoms. The predicted molar refractivity (Wildman–Crippen MR) is 67.1 cm³/mol. The first-order chi connectivity index (χ1) is 8.19. The second kappa shape index (κ2) is 5.32. The second-order valence-electron chi connectivity index (χ2n) is 4.80. The third kappa shape index (κ3) is 3.07. The van der Waals surface area contributed by atoms with E-state index in [2.05, 4.69) is 11.8 Å². The lowest BCUT2D eigenvalue weighted by atomic mass is 10.1. The highest BCUT2D eigenvalue weighted by Crippen LogP contribution is 2.21. The Balaban J connectivity index is 1.93. The van der Waals surface area contributed by atoms with Crippen molar-refractivity contribution in [3.63, 3.8) is 0 Å². The normalized spacial score (nSPS) is 20.6. The summed E-state index contributed by atoms with van der Waals surface area (Å²) in [6.45, 7) is 5.53. The molecule has 1 aliphatic rings. The van der Waals surface area contributed by atoms with Gasteiger partial charge in [0.05, 0.1) is 5.56 Å². The van der Waals surface area contributed by atoms with Gasteiger partial charge in [-0.2, -0.15) is 0 Å². The number of likely N-dealkylation sites (tertiary alicyclic amines) is 1. The lowest BCUT2D eigenvalue weighted by molar-refractivity contribution is 0.0697. The lowest BCUT2D eigenvalue weighted by Gasteiger charge is -2.15. The smallest absolute Gasteiger partial charge is 0.335 e. The summed E-state index contributed by atoms with van der Waals surface area (Å²) in [5, 5.41) is 8.82. The molecular formula is C14H19NO2. The summed E-state index contributed by atoms with van der Waals surface area (Å²) >= 11 is 0. The van der Waals surface area contributed by atoms with E-state index < -0.39 is 5.97 Å². The van der Waals surface area contributed by atoms with Crippen molar-refractivity contribution in [1.82, 2.24) is 4.90 Å². The molecule has 0 aromatic heterocycles. The molecule has 1 heterocycles. The molecule has 0 bridgehead atoms. The van der Waals surface area contributed by atoms with E-state index in [0.717, 1.165) is 12.5 Å². The molecule has 3 heteroatoms. The maximum atomic E-state index is 10.7. The van der Waals surface area contributed by atoms with Crippen LogP contribution in [0.5, 0.6) is 0 Å². The highest BCUT2D eigenvalue weighted by atomic mass is 16.4. The van der Waals surface area contributed by atoms with Crippen LogP contribution in [0.4, 0.5) is 0 Å². The number of carbonyl (C=O) groups is 1. The second-order valence-corrected chi connectivity index (χ2v) is 4.80. The fraction of sp³-hybridized carbons (Fsp3) is 0.500. The molecule has 0 spiro atoms. The van der Waals surface area contributed by atoms with Gasteiger partial charge in [-0.25, -0.2) is 4.79 Å². The Labute approximate surface area is 102 Å². The van der Waals surface area contributed by atoms with Gasteiger partial charge in [0.15, 0.2) is 0 Å². The number of nitrogens with zero attached hydrogens (tertiary/aromatic N) is 1. The fourth-order valence-electron chi connectivity index (χ4n) is 2.40. The molecule has 0 radical (unpaired) electrons. The SMILES string of the molecule is CC[C@@H]1CCN(Cc2ccc(C(=O)O)cc2)C1. The van der Waals surface area contributed by atoms with Crippen molar-refractivity contribution in [1.29, 1.82) is 0 Å². The van der Waals surface area contributed by atoms with Crippen LogP contribution >= 0.6 is 0 Å². The minimum atomic E-state index is -0.858. The Morgan fingerprint density at radius 1 is 1.41 bits per heavy atom. The first-order valence-corrected chi connectivity index (χ1v) is 6.23. The highest BCUT2D eigenvalue weighted by molar-refractivity contribution is 5.87. The van der Waals surface area contributed by atoms with Gasteiger partial charge in [-0.15, -0.1) is 0 Å². The van der Waals surface area contributed by atoms with Gasteiger partial charge in [0, 0.05) is 13.1 Å². The van der Waals surface area contributed by atoms with Crippen LogP contribution in [0, 0.1) is 5.92 Å². The monoisotopic (exact) mass is 233 g/mol. The fourth-order valence-corrected chi connectivity index (χ4v) is 2.40. The van der Waals surface area contributed by atoms with E-state index in [1.54, 1.807) is 12.1 Å². The molecule has 3 nitrogen and oxygen atoms in total. The first kappa shape index (κ1) is 12.1. The van der Waals surface area contributed by atoms with E-state index >= 15 is 0 Å². The van der Waals surface area contributed by atoms with Crippen molar-refractivity contribution in [2.75, 3.05) is 13.1 Å². The van der Waals surface area contributed by atoms with Crippen LogP contribution in [0.25, 0.3) is 0 Å². The minimum Gasteiger partial charge on any atom is -0.478 e. The molecule has 0 amide bonds. The number of hydrogen-bond donors (Lipinski definition) is 1. The van der Waals surface area contributed by atoms with Gasteiger partial charge in [-0.1, -0.05) is 25.5 Å². The van der Waals surface area contributed by atoms with E-state index in [-0.39, 0.29) is 0 Å². The van der Waals surface area contributed by atoms with E-state index in [0.29, 0.717) is 5.56 Å². The van der Waals surface area contributed by atoms with Crippen LogP contribution in [-0.2, 0) is 6.54 Å². The molecule has 2 rings (SSSR count). The average molecular weight is 233 g/mol. The van der Waals surface area contributed by atoms with Crippen LogP contribution in [0.1, 0.15) is 35.7 Å². The topological polar surface area (TPSA) is 40.5 Å². The van der Waals surface area contributed by atoms with Crippen molar-refractivity contribution >= 4 is 5.97 Å². The van der Waals surface area contributed by atoms with Gasteiger partial charge in [0.25, 0.3) is 0 Å². The Bertz CT molecular complexity index is 386. The molecule has 0 aliphatic carbocycles. The number of carboxylic acids is 1. The van der Waals surface area contributed by atoms with E-state index in [1.807, 2.05) is 12.1 Å². The van der Waals surface area contributed by atoms with Crippen molar-refractivity contribution in [2.24, 2.45) is 5.92 Å². The zero-order valence-corrected chi connectivity index (χ0v) is 10.2. The largest absolute Gasteiger partial charge is 0.478 e. The van der Waals surface area contributed by atoms with Gasteiger partial charge in [-0.05, 0) is 36.6 Å². The summed E-state index contributed by atoms with van der Waals surface area (Å²) in [4.78, 5) is 13.2. The zero-order valence-electron chi connectivity index (χ0n) is 10.2. The molecule has 1 aromatic carbocycles. The minimum absolute atomic E-state index is 0.363. The Morgan fingerprint density at radius 3 is 2.65 bits per heavy atom. The molecule has 1 saturated heterocycles. The van der Waals surface area contributed by atoms with E-state index in [4.69, 9.17) is 5.11 Å².